The molecule has 2 aromatic carbocycles. The second-order valence-corrected chi connectivity index (χ2v) is 10.5. The van der Waals surface area contributed by atoms with Crippen LogP contribution in [-0.2, 0) is 14.3 Å². The van der Waals surface area contributed by atoms with E-state index in [0.29, 0.717) is 37.8 Å². The van der Waals surface area contributed by atoms with Crippen molar-refractivity contribution < 1.29 is 51.5 Å². The molecule has 1 saturated heterocycles. The molecule has 43 heavy (non-hydrogen) atoms. The molecule has 0 spiro atoms. The maximum Gasteiger partial charge on any atom is 0.259 e. The first-order valence-electron chi connectivity index (χ1n) is 13.6. The van der Waals surface area contributed by atoms with E-state index in [2.05, 4.69) is 10.3 Å². The Labute approximate surface area is 242 Å². The van der Waals surface area contributed by atoms with Gasteiger partial charge in [0.1, 0.15) is 30.0 Å². The van der Waals surface area contributed by atoms with Crippen molar-refractivity contribution in [2.75, 3.05) is 18.6 Å². The zero-order valence-corrected chi connectivity index (χ0v) is 22.8. The van der Waals surface area contributed by atoms with Crippen molar-refractivity contribution in [1.82, 2.24) is 15.0 Å². The van der Waals surface area contributed by atoms with Crippen LogP contribution in [0, 0.1) is 29.1 Å². The largest absolute Gasteiger partial charge is 0.394 e. The van der Waals surface area contributed by atoms with Crippen molar-refractivity contribution in [3.63, 3.8) is 0 Å². The molecule has 1 amide bonds. The highest BCUT2D eigenvalue weighted by molar-refractivity contribution is 5.98. The summed E-state index contributed by atoms with van der Waals surface area (Å²) in [4.78, 5) is 15.4. The minimum absolute atomic E-state index is 0.0556. The molecule has 15 heteroatoms. The van der Waals surface area contributed by atoms with Gasteiger partial charge in [-0.15, -0.1) is 5.10 Å². The number of halogens is 5. The van der Waals surface area contributed by atoms with Crippen LogP contribution in [0.4, 0.5) is 27.6 Å². The summed E-state index contributed by atoms with van der Waals surface area (Å²) in [7, 11) is 1.22. The number of amides is 1. The van der Waals surface area contributed by atoms with Gasteiger partial charge >= 0.3 is 0 Å². The number of aliphatic hydroxyl groups is 3. The quantitative estimate of drug-likeness (QED) is 0.275. The SMILES string of the molecule is CO[C@@H]1[C@@H](n2cc(-c3cc(F)c(F)c(F)c3)nn2)[C@@H](O)[C@@H](CO)O[C@H]1C(=O)N(c1ccc(F)c(F)c1)[C@@H]1CCCC[C@H]1O. The Morgan fingerprint density at radius 2 is 1.74 bits per heavy atom. The number of methoxy groups -OCH3 is 1. The summed E-state index contributed by atoms with van der Waals surface area (Å²) >= 11 is 0. The Kier molecular flexibility index (Phi) is 9.08. The third kappa shape index (κ3) is 5.87. The van der Waals surface area contributed by atoms with Crippen LogP contribution in [0.3, 0.4) is 0 Å². The first-order chi connectivity index (χ1) is 20.5. The van der Waals surface area contributed by atoms with Crippen molar-refractivity contribution in [1.29, 1.82) is 0 Å². The highest BCUT2D eigenvalue weighted by Gasteiger charge is 2.52. The molecule has 0 radical (unpaired) electrons. The van der Waals surface area contributed by atoms with Crippen molar-refractivity contribution in [2.24, 2.45) is 0 Å². The molecule has 232 valence electrons. The van der Waals surface area contributed by atoms with Gasteiger partial charge in [-0.05, 0) is 37.1 Å². The van der Waals surface area contributed by atoms with Gasteiger partial charge in [-0.25, -0.2) is 26.6 Å². The standard InChI is InChI=1S/C28H29F5N4O6/c1-42-26-24(36-11-19(34-35-36)13-8-17(31)23(33)18(32)9-13)25(40)22(12-38)43-27(26)28(41)37(20-4-2-3-5-21(20)39)14-6-7-15(29)16(30)10-14/h6-11,20-22,24-27,38-40H,2-5,12H2,1H3/t20-,21-,22-,24+,25+,26-,27-/m1/s1. The predicted molar refractivity (Wildman–Crippen MR) is 139 cm³/mol. The summed E-state index contributed by atoms with van der Waals surface area (Å²) in [6.07, 6.45) is -3.63. The number of rotatable bonds is 7. The molecule has 1 saturated carbocycles. The van der Waals surface area contributed by atoms with Gasteiger partial charge in [0, 0.05) is 24.4 Å². The third-order valence-electron chi connectivity index (χ3n) is 7.92. The molecule has 5 rings (SSSR count). The van der Waals surface area contributed by atoms with Crippen LogP contribution in [0.1, 0.15) is 31.7 Å². The molecule has 0 unspecified atom stereocenters. The fraction of sp³-hybridized carbons (Fsp3) is 0.464. The minimum atomic E-state index is -1.67. The lowest BCUT2D eigenvalue weighted by molar-refractivity contribution is -0.211. The maximum atomic E-state index is 14.3. The Balaban J connectivity index is 1.54. The molecule has 10 nitrogen and oxygen atoms in total. The van der Waals surface area contributed by atoms with E-state index in [0.717, 1.165) is 21.7 Å². The van der Waals surface area contributed by atoms with Crippen molar-refractivity contribution in [2.45, 2.75) is 68.3 Å². The fourth-order valence-electron chi connectivity index (χ4n) is 5.76. The molecule has 2 aliphatic rings. The zero-order chi connectivity index (χ0) is 31.0. The van der Waals surface area contributed by atoms with Crippen molar-refractivity contribution in [3.05, 3.63) is 65.6 Å². The molecular weight excluding hydrogens is 583 g/mol. The second kappa shape index (κ2) is 12.6. The van der Waals surface area contributed by atoms with Gasteiger partial charge in [-0.3, -0.25) is 4.79 Å². The van der Waals surface area contributed by atoms with Gasteiger partial charge in [0.15, 0.2) is 35.2 Å². The van der Waals surface area contributed by atoms with Crippen molar-refractivity contribution >= 4 is 11.6 Å². The number of benzene rings is 2. The van der Waals surface area contributed by atoms with Crippen LogP contribution in [0.2, 0.25) is 0 Å². The van der Waals surface area contributed by atoms with Gasteiger partial charge in [-0.1, -0.05) is 18.1 Å². The Morgan fingerprint density at radius 3 is 2.37 bits per heavy atom. The average Bonchev–Trinajstić information content (AvgIpc) is 3.48. The number of hydrogen-bond acceptors (Lipinski definition) is 8. The smallest absolute Gasteiger partial charge is 0.259 e. The first-order valence-corrected chi connectivity index (χ1v) is 13.6. The molecule has 0 bridgehead atoms. The molecule has 2 fully saturated rings. The predicted octanol–water partition coefficient (Wildman–Crippen LogP) is 2.65. The summed E-state index contributed by atoms with van der Waals surface area (Å²) in [5, 5.41) is 39.8. The topological polar surface area (TPSA) is 130 Å². The third-order valence-corrected chi connectivity index (χ3v) is 7.92. The molecular formula is C28H29F5N4O6. The molecule has 2 heterocycles. The Bertz CT molecular complexity index is 1450. The number of ether oxygens (including phenoxy) is 2. The van der Waals surface area contributed by atoms with Crippen molar-refractivity contribution in [3.8, 4) is 11.3 Å². The normalized spacial score (nSPS) is 27.7. The van der Waals surface area contributed by atoms with E-state index >= 15 is 0 Å². The monoisotopic (exact) mass is 612 g/mol. The number of hydrogen-bond donors (Lipinski definition) is 3. The molecule has 1 aliphatic heterocycles. The number of aliphatic hydroxyl groups excluding tert-OH is 3. The lowest BCUT2D eigenvalue weighted by Crippen LogP contribution is -2.63. The Hall–Kier alpha value is -3.50. The van der Waals surface area contributed by atoms with Gasteiger partial charge in [-0.2, -0.15) is 0 Å². The molecule has 3 aromatic rings. The summed E-state index contributed by atoms with van der Waals surface area (Å²) in [5.41, 5.74) is -0.330. The van der Waals surface area contributed by atoms with Crippen LogP contribution in [0.15, 0.2) is 36.5 Å². The lowest BCUT2D eigenvalue weighted by Gasteiger charge is -2.46. The molecule has 1 aromatic heterocycles. The summed E-state index contributed by atoms with van der Waals surface area (Å²) in [5.74, 6) is -7.79. The van der Waals surface area contributed by atoms with E-state index in [1.165, 1.54) is 19.4 Å². The van der Waals surface area contributed by atoms with E-state index in [1.807, 2.05) is 0 Å². The van der Waals surface area contributed by atoms with E-state index in [-0.39, 0.29) is 16.9 Å². The molecule has 7 atom stereocenters. The number of aromatic nitrogens is 3. The summed E-state index contributed by atoms with van der Waals surface area (Å²) in [6, 6.07) is 2.15. The second-order valence-electron chi connectivity index (χ2n) is 10.5. The highest BCUT2D eigenvalue weighted by Crippen LogP contribution is 2.36. The number of carbonyl (C=O) groups is 1. The summed E-state index contributed by atoms with van der Waals surface area (Å²) < 4.78 is 81.9. The van der Waals surface area contributed by atoms with Gasteiger partial charge < -0.3 is 29.7 Å². The number of nitrogens with zero attached hydrogens (tertiary/aromatic N) is 4. The lowest BCUT2D eigenvalue weighted by atomic mass is 9.88. The number of anilines is 1. The fourth-order valence-corrected chi connectivity index (χ4v) is 5.76. The number of carbonyl (C=O) groups excluding carboxylic acids is 1. The van der Waals surface area contributed by atoms with E-state index in [1.54, 1.807) is 0 Å². The minimum Gasteiger partial charge on any atom is -0.394 e. The maximum absolute atomic E-state index is 14.3. The van der Waals surface area contributed by atoms with E-state index in [4.69, 9.17) is 9.47 Å². The van der Waals surface area contributed by atoms with Crippen LogP contribution >= 0.6 is 0 Å². The van der Waals surface area contributed by atoms with Gasteiger partial charge in [0.2, 0.25) is 0 Å². The van der Waals surface area contributed by atoms with Crippen LogP contribution in [0.5, 0.6) is 0 Å². The molecule has 1 aliphatic carbocycles. The average molecular weight is 613 g/mol. The van der Waals surface area contributed by atoms with Crippen LogP contribution in [0.25, 0.3) is 11.3 Å². The highest BCUT2D eigenvalue weighted by atomic mass is 19.2. The van der Waals surface area contributed by atoms with Gasteiger partial charge in [0.25, 0.3) is 5.91 Å². The molecule has 3 N–H and O–H groups in total. The summed E-state index contributed by atoms with van der Waals surface area (Å²) in [6.45, 7) is -0.759. The van der Waals surface area contributed by atoms with E-state index < -0.39 is 84.2 Å². The first kappa shape index (κ1) is 30.9. The zero-order valence-electron chi connectivity index (χ0n) is 22.8. The Morgan fingerprint density at radius 1 is 1.05 bits per heavy atom. The van der Waals surface area contributed by atoms with Crippen LogP contribution < -0.4 is 4.90 Å². The van der Waals surface area contributed by atoms with Crippen LogP contribution in [-0.4, -0.2) is 86.5 Å². The van der Waals surface area contributed by atoms with E-state index in [9.17, 15) is 42.1 Å². The van der Waals surface area contributed by atoms with Gasteiger partial charge in [0.05, 0.1) is 24.9 Å².